The molecular weight excluding hydrogens is 366 g/mol. The Morgan fingerprint density at radius 2 is 2.21 bits per heavy atom. The van der Waals surface area contributed by atoms with Crippen LogP contribution in [0.1, 0.15) is 49.4 Å². The van der Waals surface area contributed by atoms with Crippen LogP contribution in [-0.4, -0.2) is 38.9 Å². The predicted molar refractivity (Wildman–Crippen MR) is 112 cm³/mol. The minimum atomic E-state index is 0.201. The molecule has 1 saturated heterocycles. The van der Waals surface area contributed by atoms with E-state index in [2.05, 4.69) is 23.0 Å². The predicted octanol–water partition coefficient (Wildman–Crippen LogP) is 2.45. The molecule has 7 nitrogen and oxygen atoms in total. The molecule has 7 heteroatoms. The third-order valence-corrected chi connectivity index (χ3v) is 5.88. The molecule has 0 aliphatic carbocycles. The van der Waals surface area contributed by atoms with Gasteiger partial charge in [0.15, 0.2) is 18.0 Å². The molecule has 4 rings (SSSR count). The highest BCUT2D eigenvalue weighted by atomic mass is 16.5. The third kappa shape index (κ3) is 4.19. The lowest BCUT2D eigenvalue weighted by molar-refractivity contribution is -0.605. The first-order chi connectivity index (χ1) is 14.2. The number of aliphatic hydroxyl groups is 1. The molecule has 0 spiro atoms. The lowest BCUT2D eigenvalue weighted by Gasteiger charge is -2.36. The Hall–Kier alpha value is -2.67. The Kier molecular flexibility index (Phi) is 5.94. The van der Waals surface area contributed by atoms with Crippen LogP contribution in [0.5, 0.6) is 0 Å². The van der Waals surface area contributed by atoms with E-state index in [1.165, 1.54) is 12.6 Å². The van der Waals surface area contributed by atoms with Crippen molar-refractivity contribution in [2.24, 2.45) is 0 Å². The van der Waals surface area contributed by atoms with Crippen molar-refractivity contribution in [1.82, 2.24) is 14.6 Å². The van der Waals surface area contributed by atoms with Crippen LogP contribution in [0.4, 0.5) is 5.82 Å². The smallest absolute Gasteiger partial charge is 0.183 e. The summed E-state index contributed by atoms with van der Waals surface area (Å²) in [6, 6.07) is 6.24. The maximum Gasteiger partial charge on any atom is 0.183 e. The van der Waals surface area contributed by atoms with Crippen LogP contribution in [0, 0.1) is 5.21 Å². The Bertz CT molecular complexity index is 969. The third-order valence-electron chi connectivity index (χ3n) is 5.88. The van der Waals surface area contributed by atoms with E-state index in [9.17, 15) is 10.3 Å². The maximum absolute atomic E-state index is 11.6. The Balaban J connectivity index is 1.69. The fourth-order valence-corrected chi connectivity index (χ4v) is 4.30. The van der Waals surface area contributed by atoms with Crippen molar-refractivity contribution < 1.29 is 9.84 Å². The van der Waals surface area contributed by atoms with Gasteiger partial charge in [-0.05, 0) is 51.0 Å². The number of hydrogen-bond acceptors (Lipinski definition) is 5. The number of hydrogen-bond donors (Lipinski definition) is 1. The van der Waals surface area contributed by atoms with E-state index in [0.717, 1.165) is 78.1 Å². The molecule has 1 fully saturated rings. The minimum absolute atomic E-state index is 0.201. The van der Waals surface area contributed by atoms with E-state index < -0.39 is 0 Å². The molecule has 0 radical (unpaired) electrons. The van der Waals surface area contributed by atoms with Crippen LogP contribution < -0.4 is 9.63 Å². The number of aromatic nitrogens is 4. The Morgan fingerprint density at radius 1 is 1.31 bits per heavy atom. The Morgan fingerprint density at radius 3 is 3.00 bits per heavy atom. The summed E-state index contributed by atoms with van der Waals surface area (Å²) in [6.07, 6.45) is 11.7. The van der Waals surface area contributed by atoms with Crippen molar-refractivity contribution in [3.05, 3.63) is 58.8 Å². The van der Waals surface area contributed by atoms with Gasteiger partial charge in [-0.25, -0.2) is 9.50 Å². The fraction of sp³-hybridized carbons (Fsp3) is 0.500. The van der Waals surface area contributed by atoms with Gasteiger partial charge in [-0.2, -0.15) is 9.83 Å². The molecule has 1 aliphatic heterocycles. The van der Waals surface area contributed by atoms with Crippen LogP contribution in [0.3, 0.4) is 0 Å². The second-order valence-corrected chi connectivity index (χ2v) is 7.79. The van der Waals surface area contributed by atoms with E-state index in [4.69, 9.17) is 4.98 Å². The number of nitrogens with zero attached hydrogens (tertiary/aromatic N) is 5. The molecule has 1 unspecified atom stereocenters. The van der Waals surface area contributed by atoms with Gasteiger partial charge in [0.25, 0.3) is 0 Å². The highest BCUT2D eigenvalue weighted by Gasteiger charge is 2.24. The van der Waals surface area contributed by atoms with E-state index in [1.807, 2.05) is 16.8 Å². The van der Waals surface area contributed by atoms with Crippen LogP contribution >= 0.6 is 0 Å². The second-order valence-electron chi connectivity index (χ2n) is 7.79. The molecule has 0 aromatic carbocycles. The zero-order valence-corrected chi connectivity index (χ0v) is 17.0. The molecule has 154 valence electrons. The lowest BCUT2D eigenvalue weighted by atomic mass is 9.99. The van der Waals surface area contributed by atoms with E-state index >= 15 is 0 Å². The van der Waals surface area contributed by atoms with Gasteiger partial charge in [0.1, 0.15) is 5.82 Å². The van der Waals surface area contributed by atoms with Gasteiger partial charge >= 0.3 is 0 Å². The first-order valence-electron chi connectivity index (χ1n) is 10.6. The minimum Gasteiger partial charge on any atom is -0.619 e. The van der Waals surface area contributed by atoms with Crippen LogP contribution in [-0.2, 0) is 19.3 Å². The molecule has 1 aliphatic rings. The molecule has 0 saturated carbocycles. The number of fused-ring (bicyclic) bond motifs is 1. The zero-order chi connectivity index (χ0) is 20.2. The van der Waals surface area contributed by atoms with Gasteiger partial charge in [0.05, 0.1) is 6.20 Å². The summed E-state index contributed by atoms with van der Waals surface area (Å²) < 4.78 is 2.79. The summed E-state index contributed by atoms with van der Waals surface area (Å²) in [7, 11) is 0. The van der Waals surface area contributed by atoms with Crippen molar-refractivity contribution in [3.63, 3.8) is 0 Å². The molecule has 3 aromatic heterocycles. The summed E-state index contributed by atoms with van der Waals surface area (Å²) in [6.45, 7) is 3.29. The van der Waals surface area contributed by atoms with E-state index in [0.29, 0.717) is 6.04 Å². The molecule has 0 amide bonds. The van der Waals surface area contributed by atoms with Crippen molar-refractivity contribution >= 4 is 11.5 Å². The maximum atomic E-state index is 11.6. The first-order valence-corrected chi connectivity index (χ1v) is 10.6. The number of anilines is 1. The summed E-state index contributed by atoms with van der Waals surface area (Å²) in [5.74, 6) is 0.979. The number of aliphatic hydroxyl groups excluding tert-OH is 1. The average molecular weight is 396 g/mol. The summed E-state index contributed by atoms with van der Waals surface area (Å²) in [5, 5.41) is 25.7. The Labute approximate surface area is 171 Å². The van der Waals surface area contributed by atoms with E-state index in [1.54, 1.807) is 12.3 Å². The number of aryl methyl sites for hydroxylation is 3. The quantitative estimate of drug-likeness (QED) is 0.491. The van der Waals surface area contributed by atoms with Crippen LogP contribution in [0.25, 0.3) is 5.65 Å². The van der Waals surface area contributed by atoms with Gasteiger partial charge in [0.2, 0.25) is 0 Å². The summed E-state index contributed by atoms with van der Waals surface area (Å²) >= 11 is 0. The second kappa shape index (κ2) is 8.78. The normalized spacial score (nSPS) is 17.2. The highest BCUT2D eigenvalue weighted by molar-refractivity contribution is 5.55. The van der Waals surface area contributed by atoms with Gasteiger partial charge in [-0.1, -0.05) is 6.92 Å². The standard InChI is InChI=1S/C22H29N5O2/c1-2-18-15-23-27-20(9-8-17-6-5-11-25(29)16-17)14-21(24-22(18)27)26-12-4-3-7-19(26)10-13-28/h5-6,11,14-16,19,28H,2-4,7-10,12-13H2,1H3. The fourth-order valence-electron chi connectivity index (χ4n) is 4.30. The topological polar surface area (TPSA) is 80.6 Å². The van der Waals surface area contributed by atoms with E-state index in [-0.39, 0.29) is 6.61 Å². The number of rotatable bonds is 7. The summed E-state index contributed by atoms with van der Waals surface area (Å²) in [5.41, 5.74) is 4.16. The first kappa shape index (κ1) is 19.6. The van der Waals surface area contributed by atoms with Crippen LogP contribution in [0.2, 0.25) is 0 Å². The van der Waals surface area contributed by atoms with Gasteiger partial charge in [-0.15, -0.1) is 0 Å². The monoisotopic (exact) mass is 395 g/mol. The molecule has 3 aromatic rings. The molecule has 1 atom stereocenters. The molecule has 29 heavy (non-hydrogen) atoms. The molecular formula is C22H29N5O2. The van der Waals surface area contributed by atoms with Crippen molar-refractivity contribution in [2.45, 2.75) is 57.9 Å². The zero-order valence-electron chi connectivity index (χ0n) is 17.0. The van der Waals surface area contributed by atoms with Crippen LogP contribution in [0.15, 0.2) is 36.8 Å². The van der Waals surface area contributed by atoms with Crippen molar-refractivity contribution in [2.75, 3.05) is 18.1 Å². The summed E-state index contributed by atoms with van der Waals surface area (Å²) in [4.78, 5) is 7.35. The lowest BCUT2D eigenvalue weighted by Crippen LogP contribution is -2.40. The average Bonchev–Trinajstić information content (AvgIpc) is 3.16. The SMILES string of the molecule is CCc1cnn2c(CCc3ccc[n+]([O-])c3)cc(N3CCCCC3CCO)nc12. The van der Waals surface area contributed by atoms with Crippen molar-refractivity contribution in [1.29, 1.82) is 0 Å². The number of piperidine rings is 1. The van der Waals surface area contributed by atoms with Gasteiger partial charge in [0, 0.05) is 48.1 Å². The molecule has 0 bridgehead atoms. The molecule has 4 heterocycles. The highest BCUT2D eigenvalue weighted by Crippen LogP contribution is 2.27. The van der Waals surface area contributed by atoms with Gasteiger partial charge in [-0.3, -0.25) is 0 Å². The molecule has 1 N–H and O–H groups in total. The van der Waals surface area contributed by atoms with Gasteiger partial charge < -0.3 is 15.2 Å². The number of pyridine rings is 1. The van der Waals surface area contributed by atoms with Crippen molar-refractivity contribution in [3.8, 4) is 0 Å². The largest absolute Gasteiger partial charge is 0.619 e.